The highest BCUT2D eigenvalue weighted by Crippen LogP contribution is 2.29. The van der Waals surface area contributed by atoms with Gasteiger partial charge in [-0.3, -0.25) is 5.32 Å². The van der Waals surface area contributed by atoms with E-state index in [2.05, 4.69) is 10.2 Å². The minimum atomic E-state index is -0.508. The van der Waals surface area contributed by atoms with Crippen LogP contribution in [-0.2, 0) is 11.3 Å². The number of carbonyl (C=O) groups is 1. The number of anilines is 2. The number of nitrogens with one attached hydrogen (secondary N) is 1. The second-order valence-electron chi connectivity index (χ2n) is 6.99. The molecule has 4 nitrogen and oxygen atoms in total. The molecule has 0 radical (unpaired) electrons. The van der Waals surface area contributed by atoms with Crippen molar-refractivity contribution in [1.29, 1.82) is 0 Å². The molecule has 136 valence electrons. The van der Waals surface area contributed by atoms with Gasteiger partial charge in [-0.05, 0) is 35.7 Å². The summed E-state index contributed by atoms with van der Waals surface area (Å²) in [6.07, 6.45) is -0.508. The van der Waals surface area contributed by atoms with Gasteiger partial charge in [0, 0.05) is 17.6 Å². The van der Waals surface area contributed by atoms with Gasteiger partial charge in [-0.25, -0.2) is 4.79 Å². The normalized spacial score (nSPS) is 11.3. The van der Waals surface area contributed by atoms with Gasteiger partial charge in [0.2, 0.25) is 0 Å². The van der Waals surface area contributed by atoms with Crippen LogP contribution in [0.15, 0.2) is 30.3 Å². The molecule has 0 fully saturated rings. The minimum Gasteiger partial charge on any atom is -0.449 e. The van der Waals surface area contributed by atoms with Crippen LogP contribution in [0.25, 0.3) is 0 Å². The van der Waals surface area contributed by atoms with E-state index in [0.29, 0.717) is 17.3 Å². The molecule has 0 aliphatic carbocycles. The number of carbonyl (C=O) groups excluding carboxylic acids is 1. The molecule has 0 unspecified atom stereocenters. The molecule has 0 spiro atoms. The van der Waals surface area contributed by atoms with Gasteiger partial charge in [0.1, 0.15) is 0 Å². The molecule has 1 N–H and O–H groups in total. The lowest BCUT2D eigenvalue weighted by molar-refractivity contribution is 0.118. The zero-order valence-electron chi connectivity index (χ0n) is 14.7. The Morgan fingerprint density at radius 2 is 1.96 bits per heavy atom. The molecule has 0 atom stereocenters. The van der Waals surface area contributed by atoms with Crippen molar-refractivity contribution < 1.29 is 9.53 Å². The van der Waals surface area contributed by atoms with Crippen LogP contribution in [0.3, 0.4) is 0 Å². The summed E-state index contributed by atoms with van der Waals surface area (Å²) >= 11 is 13.8. The third-order valence-electron chi connectivity index (χ3n) is 3.29. The van der Waals surface area contributed by atoms with Crippen molar-refractivity contribution in [3.8, 4) is 0 Å². The fourth-order valence-electron chi connectivity index (χ4n) is 2.03. The van der Waals surface area contributed by atoms with Gasteiger partial charge in [-0.15, -0.1) is 11.3 Å². The zero-order valence-corrected chi connectivity index (χ0v) is 17.1. The maximum Gasteiger partial charge on any atom is 0.411 e. The highest BCUT2D eigenvalue weighted by molar-refractivity contribution is 7.16. The Balaban J connectivity index is 1.98. The average molecular weight is 401 g/mol. The third kappa shape index (κ3) is 6.42. The van der Waals surface area contributed by atoms with E-state index in [0.717, 1.165) is 21.4 Å². The predicted octanol–water partition coefficient (Wildman–Crippen LogP) is 6.29. The van der Waals surface area contributed by atoms with Crippen LogP contribution in [0, 0.1) is 5.41 Å². The summed E-state index contributed by atoms with van der Waals surface area (Å²) in [4.78, 5) is 15.1. The standard InChI is InChI=1S/C18H22Cl2N2O2S/c1-18(2,3)11-24-17(23)21-15-7-5-12(9-14(15)19)22(4)10-13-6-8-16(20)25-13/h5-9H,10-11H2,1-4H3,(H,21,23). The van der Waals surface area contributed by atoms with E-state index in [1.54, 1.807) is 17.4 Å². The molecule has 0 aliphatic heterocycles. The van der Waals surface area contributed by atoms with Crippen molar-refractivity contribution in [2.24, 2.45) is 5.41 Å². The van der Waals surface area contributed by atoms with Gasteiger partial charge in [-0.1, -0.05) is 44.0 Å². The SMILES string of the molecule is CN(Cc1ccc(Cl)s1)c1ccc(NC(=O)OCC(C)(C)C)c(Cl)c1. The topological polar surface area (TPSA) is 41.6 Å². The number of thiophene rings is 1. The number of benzene rings is 1. The van der Waals surface area contributed by atoms with Gasteiger partial charge in [0.15, 0.2) is 0 Å². The Morgan fingerprint density at radius 3 is 2.52 bits per heavy atom. The quantitative estimate of drug-likeness (QED) is 0.641. The maximum absolute atomic E-state index is 11.9. The predicted molar refractivity (Wildman–Crippen MR) is 107 cm³/mol. The molecular weight excluding hydrogens is 379 g/mol. The third-order valence-corrected chi connectivity index (χ3v) is 4.82. The van der Waals surface area contributed by atoms with E-state index in [-0.39, 0.29) is 5.41 Å². The summed E-state index contributed by atoms with van der Waals surface area (Å²) in [5, 5.41) is 3.13. The summed E-state index contributed by atoms with van der Waals surface area (Å²) in [6.45, 7) is 7.06. The molecule has 2 rings (SSSR count). The lowest BCUT2D eigenvalue weighted by Gasteiger charge is -2.20. The lowest BCUT2D eigenvalue weighted by atomic mass is 9.99. The largest absolute Gasteiger partial charge is 0.449 e. The van der Waals surface area contributed by atoms with Crippen LogP contribution < -0.4 is 10.2 Å². The molecule has 0 aliphatic rings. The van der Waals surface area contributed by atoms with Crippen molar-refractivity contribution in [3.05, 3.63) is 44.6 Å². The molecule has 1 heterocycles. The highest BCUT2D eigenvalue weighted by atomic mass is 35.5. The molecule has 1 amide bonds. The van der Waals surface area contributed by atoms with Crippen LogP contribution in [0.5, 0.6) is 0 Å². The molecule has 0 saturated heterocycles. The first kappa shape index (κ1) is 19.9. The van der Waals surface area contributed by atoms with E-state index >= 15 is 0 Å². The molecule has 1 aromatic carbocycles. The first-order chi connectivity index (χ1) is 11.6. The fraction of sp³-hybridized carbons (Fsp3) is 0.389. The van der Waals surface area contributed by atoms with Gasteiger partial charge in [-0.2, -0.15) is 0 Å². The Bertz CT molecular complexity index is 741. The smallest absolute Gasteiger partial charge is 0.411 e. The second-order valence-corrected chi connectivity index (χ2v) is 9.19. The van der Waals surface area contributed by atoms with Gasteiger partial charge in [0.25, 0.3) is 0 Å². The Labute approximate surface area is 162 Å². The average Bonchev–Trinajstić information content (AvgIpc) is 2.91. The summed E-state index contributed by atoms with van der Waals surface area (Å²) < 4.78 is 5.97. The number of amides is 1. The lowest BCUT2D eigenvalue weighted by Crippen LogP contribution is -2.22. The molecular formula is C18H22Cl2N2O2S. The number of halogens is 2. The molecule has 1 aromatic heterocycles. The molecule has 0 bridgehead atoms. The fourth-order valence-corrected chi connectivity index (χ4v) is 3.40. The van der Waals surface area contributed by atoms with Crippen molar-refractivity contribution in [3.63, 3.8) is 0 Å². The van der Waals surface area contributed by atoms with E-state index in [1.807, 2.05) is 52.1 Å². The van der Waals surface area contributed by atoms with Gasteiger partial charge >= 0.3 is 6.09 Å². The van der Waals surface area contributed by atoms with Crippen LogP contribution >= 0.6 is 34.5 Å². The molecule has 7 heteroatoms. The van der Waals surface area contributed by atoms with Crippen LogP contribution in [0.2, 0.25) is 9.36 Å². The van der Waals surface area contributed by atoms with Crippen molar-refractivity contribution in [2.45, 2.75) is 27.3 Å². The van der Waals surface area contributed by atoms with Crippen LogP contribution in [0.1, 0.15) is 25.6 Å². The van der Waals surface area contributed by atoms with Crippen LogP contribution in [0.4, 0.5) is 16.2 Å². The molecule has 25 heavy (non-hydrogen) atoms. The maximum atomic E-state index is 11.9. The number of nitrogens with zero attached hydrogens (tertiary/aromatic N) is 1. The zero-order chi connectivity index (χ0) is 18.6. The summed E-state index contributed by atoms with van der Waals surface area (Å²) in [5.74, 6) is 0. The van der Waals surface area contributed by atoms with Gasteiger partial charge in [0.05, 0.1) is 28.2 Å². The van der Waals surface area contributed by atoms with E-state index in [4.69, 9.17) is 27.9 Å². The van der Waals surface area contributed by atoms with E-state index in [9.17, 15) is 4.79 Å². The highest BCUT2D eigenvalue weighted by Gasteiger charge is 2.15. The number of hydrogen-bond acceptors (Lipinski definition) is 4. The number of hydrogen-bond donors (Lipinski definition) is 1. The van der Waals surface area contributed by atoms with Crippen LogP contribution in [-0.4, -0.2) is 19.7 Å². The summed E-state index contributed by atoms with van der Waals surface area (Å²) in [7, 11) is 1.98. The summed E-state index contributed by atoms with van der Waals surface area (Å²) in [5.41, 5.74) is 1.39. The van der Waals surface area contributed by atoms with Crippen molar-refractivity contribution >= 4 is 52.0 Å². The Hall–Kier alpha value is -1.43. The second kappa shape index (κ2) is 8.30. The first-order valence-corrected chi connectivity index (χ1v) is 9.40. The number of ether oxygens (including phenoxy) is 1. The number of rotatable bonds is 5. The first-order valence-electron chi connectivity index (χ1n) is 7.83. The minimum absolute atomic E-state index is 0.0849. The Kier molecular flexibility index (Phi) is 6.60. The van der Waals surface area contributed by atoms with E-state index < -0.39 is 6.09 Å². The summed E-state index contributed by atoms with van der Waals surface area (Å²) in [6, 6.07) is 9.38. The molecule has 0 saturated carbocycles. The Morgan fingerprint density at radius 1 is 1.24 bits per heavy atom. The monoisotopic (exact) mass is 400 g/mol. The van der Waals surface area contributed by atoms with Crippen molar-refractivity contribution in [2.75, 3.05) is 23.9 Å². The van der Waals surface area contributed by atoms with Gasteiger partial charge < -0.3 is 9.64 Å². The molecule has 2 aromatic rings. The van der Waals surface area contributed by atoms with Crippen molar-refractivity contribution in [1.82, 2.24) is 0 Å². The van der Waals surface area contributed by atoms with E-state index in [1.165, 1.54) is 0 Å².